The van der Waals surface area contributed by atoms with E-state index < -0.39 is 86.8 Å². The van der Waals surface area contributed by atoms with Crippen molar-refractivity contribution in [2.24, 2.45) is 0 Å². The fraction of sp³-hybridized carbons (Fsp3) is 0.887. The van der Waals surface area contributed by atoms with Crippen molar-refractivity contribution in [1.29, 1.82) is 0 Å². The molecule has 0 aromatic rings. The molecular formula is C62H115NO13. The van der Waals surface area contributed by atoms with Gasteiger partial charge in [0.15, 0.2) is 12.6 Å². The first kappa shape index (κ1) is 70.3. The van der Waals surface area contributed by atoms with Gasteiger partial charge < -0.3 is 65.1 Å². The Hall–Kier alpha value is -1.79. The van der Waals surface area contributed by atoms with Gasteiger partial charge in [-0.05, 0) is 44.9 Å². The Morgan fingerprint density at radius 3 is 1.29 bits per heavy atom. The normalized spacial score (nSPS) is 25.1. The molecule has 2 rings (SSSR count). The molecule has 0 aromatic carbocycles. The highest BCUT2D eigenvalue weighted by atomic mass is 16.7. The van der Waals surface area contributed by atoms with E-state index in [1.54, 1.807) is 6.08 Å². The lowest BCUT2D eigenvalue weighted by atomic mass is 9.97. The van der Waals surface area contributed by atoms with Crippen molar-refractivity contribution >= 4 is 5.91 Å². The van der Waals surface area contributed by atoms with Crippen LogP contribution in [-0.2, 0) is 23.7 Å². The number of rotatable bonds is 50. The Morgan fingerprint density at radius 2 is 0.842 bits per heavy atom. The van der Waals surface area contributed by atoms with E-state index in [0.717, 1.165) is 44.9 Å². The average Bonchev–Trinajstić information content (AvgIpc) is 3.42. The molecule has 2 aliphatic rings. The summed E-state index contributed by atoms with van der Waals surface area (Å²) in [5.74, 6) is -0.249. The van der Waals surface area contributed by atoms with E-state index >= 15 is 0 Å². The maximum absolute atomic E-state index is 13.3. The molecule has 0 aliphatic carbocycles. The number of allylic oxidation sites excluding steroid dienone is 5. The van der Waals surface area contributed by atoms with Gasteiger partial charge in [0.2, 0.25) is 5.91 Å². The van der Waals surface area contributed by atoms with E-state index in [1.807, 2.05) is 6.08 Å². The van der Waals surface area contributed by atoms with Gasteiger partial charge in [-0.25, -0.2) is 0 Å². The summed E-state index contributed by atoms with van der Waals surface area (Å²) in [4.78, 5) is 13.3. The molecule has 0 saturated carbocycles. The van der Waals surface area contributed by atoms with Crippen molar-refractivity contribution in [3.05, 3.63) is 36.5 Å². The largest absolute Gasteiger partial charge is 0.394 e. The molecule has 0 spiro atoms. The lowest BCUT2D eigenvalue weighted by Crippen LogP contribution is -2.65. The monoisotopic (exact) mass is 1080 g/mol. The predicted molar refractivity (Wildman–Crippen MR) is 305 cm³/mol. The Balaban J connectivity index is 1.77. The molecule has 76 heavy (non-hydrogen) atoms. The molecule has 14 heteroatoms. The van der Waals surface area contributed by atoms with Gasteiger partial charge in [0, 0.05) is 6.42 Å². The second-order valence-electron chi connectivity index (χ2n) is 22.2. The topological polar surface area (TPSA) is 228 Å². The molecule has 9 N–H and O–H groups in total. The molecule has 0 bridgehead atoms. The molecular weight excluding hydrogens is 967 g/mol. The lowest BCUT2D eigenvalue weighted by Gasteiger charge is -2.46. The molecule has 2 heterocycles. The fourth-order valence-electron chi connectivity index (χ4n) is 10.3. The van der Waals surface area contributed by atoms with Crippen molar-refractivity contribution in [3.8, 4) is 0 Å². The maximum Gasteiger partial charge on any atom is 0.220 e. The van der Waals surface area contributed by atoms with Gasteiger partial charge in [-0.15, -0.1) is 0 Å². The van der Waals surface area contributed by atoms with Gasteiger partial charge in [0.05, 0.1) is 32.0 Å². The smallest absolute Gasteiger partial charge is 0.220 e. The summed E-state index contributed by atoms with van der Waals surface area (Å²) in [7, 11) is 0. The minimum atomic E-state index is -1.79. The molecule has 0 radical (unpaired) electrons. The minimum Gasteiger partial charge on any atom is -0.394 e. The van der Waals surface area contributed by atoms with E-state index in [9.17, 15) is 45.6 Å². The van der Waals surface area contributed by atoms with Crippen molar-refractivity contribution in [2.45, 2.75) is 331 Å². The third-order valence-corrected chi connectivity index (χ3v) is 15.3. The zero-order valence-electron chi connectivity index (χ0n) is 48.0. The van der Waals surface area contributed by atoms with Crippen LogP contribution < -0.4 is 5.32 Å². The third-order valence-electron chi connectivity index (χ3n) is 15.3. The lowest BCUT2D eigenvalue weighted by molar-refractivity contribution is -0.359. The minimum absolute atomic E-state index is 0.249. The number of ether oxygens (including phenoxy) is 4. The van der Waals surface area contributed by atoms with Crippen LogP contribution in [0.25, 0.3) is 0 Å². The van der Waals surface area contributed by atoms with Crippen LogP contribution in [0.3, 0.4) is 0 Å². The highest BCUT2D eigenvalue weighted by Gasteiger charge is 2.51. The molecule has 2 fully saturated rings. The molecule has 14 nitrogen and oxygen atoms in total. The number of nitrogens with one attached hydrogen (secondary N) is 1. The van der Waals surface area contributed by atoms with Crippen LogP contribution >= 0.6 is 0 Å². The van der Waals surface area contributed by atoms with Crippen LogP contribution in [0.1, 0.15) is 258 Å². The van der Waals surface area contributed by atoms with E-state index in [0.29, 0.717) is 12.8 Å². The summed E-state index contributed by atoms with van der Waals surface area (Å²) < 4.78 is 22.8. The van der Waals surface area contributed by atoms with E-state index in [4.69, 9.17) is 18.9 Å². The van der Waals surface area contributed by atoms with Gasteiger partial charge in [-0.1, -0.05) is 243 Å². The SMILES string of the molecule is CCCCCCCCCCCCCC/C=C/CC/C=C/CC/C=C/C(O)C(COC1OC(CO)C(OC2OC(CO)C(O)C(O)C2O)C(O)C1O)NC(=O)CCCCCCCCCCCCCCCCCCCCCC. The summed E-state index contributed by atoms with van der Waals surface area (Å²) in [6, 6.07) is -0.935. The molecule has 2 saturated heterocycles. The van der Waals surface area contributed by atoms with Crippen molar-refractivity contribution in [3.63, 3.8) is 0 Å². The van der Waals surface area contributed by atoms with E-state index in [1.165, 1.54) is 180 Å². The van der Waals surface area contributed by atoms with Crippen LogP contribution in [0, 0.1) is 0 Å². The number of aliphatic hydroxyl groups excluding tert-OH is 8. The van der Waals surface area contributed by atoms with Crippen LogP contribution in [-0.4, -0.2) is 140 Å². The van der Waals surface area contributed by atoms with Gasteiger partial charge >= 0.3 is 0 Å². The number of aliphatic hydroxyl groups is 8. The maximum atomic E-state index is 13.3. The number of amides is 1. The molecule has 1 amide bonds. The zero-order valence-corrected chi connectivity index (χ0v) is 48.0. The number of carbonyl (C=O) groups is 1. The summed E-state index contributed by atoms with van der Waals surface area (Å²) >= 11 is 0. The Kier molecular flexibility index (Phi) is 44.4. The Labute approximate surface area is 461 Å². The van der Waals surface area contributed by atoms with Crippen molar-refractivity contribution in [2.75, 3.05) is 19.8 Å². The van der Waals surface area contributed by atoms with Gasteiger partial charge in [-0.2, -0.15) is 0 Å². The molecule has 12 unspecified atom stereocenters. The van der Waals surface area contributed by atoms with Gasteiger partial charge in [0.1, 0.15) is 48.8 Å². The molecule has 0 aromatic heterocycles. The van der Waals surface area contributed by atoms with E-state index in [2.05, 4.69) is 43.5 Å². The first-order valence-corrected chi connectivity index (χ1v) is 31.2. The quantitative estimate of drug-likeness (QED) is 0.0204. The Bertz CT molecular complexity index is 1410. The second kappa shape index (κ2) is 48.0. The second-order valence-corrected chi connectivity index (χ2v) is 22.2. The first-order chi connectivity index (χ1) is 37.1. The van der Waals surface area contributed by atoms with E-state index in [-0.39, 0.29) is 18.9 Å². The van der Waals surface area contributed by atoms with Crippen LogP contribution in [0.2, 0.25) is 0 Å². The van der Waals surface area contributed by atoms with Crippen LogP contribution in [0.5, 0.6) is 0 Å². The highest BCUT2D eigenvalue weighted by Crippen LogP contribution is 2.30. The Morgan fingerprint density at radius 1 is 0.461 bits per heavy atom. The van der Waals surface area contributed by atoms with Crippen molar-refractivity contribution in [1.82, 2.24) is 5.32 Å². The number of hydrogen-bond donors (Lipinski definition) is 9. The van der Waals surface area contributed by atoms with Gasteiger partial charge in [0.25, 0.3) is 0 Å². The molecule has 2 aliphatic heterocycles. The van der Waals surface area contributed by atoms with Crippen molar-refractivity contribution < 1.29 is 64.6 Å². The van der Waals surface area contributed by atoms with Gasteiger partial charge in [-0.3, -0.25) is 4.79 Å². The highest BCUT2D eigenvalue weighted by molar-refractivity contribution is 5.76. The zero-order chi connectivity index (χ0) is 55.3. The summed E-state index contributed by atoms with van der Waals surface area (Å²) in [6.07, 6.45) is 41.9. The molecule has 446 valence electrons. The third kappa shape index (κ3) is 33.1. The van der Waals surface area contributed by atoms with Crippen LogP contribution in [0.4, 0.5) is 0 Å². The average molecular weight is 1080 g/mol. The molecule has 12 atom stereocenters. The number of carbonyl (C=O) groups excluding carboxylic acids is 1. The summed E-state index contributed by atoms with van der Waals surface area (Å²) in [6.45, 7) is 2.80. The fourth-order valence-corrected chi connectivity index (χ4v) is 10.3. The standard InChI is InChI=1S/C62H115NO13/c1-3-5-7-9-11-13-15-17-19-21-23-25-26-27-29-31-33-35-37-39-41-43-45-51(66)50(63-54(67)46-44-42-40-38-36-34-32-30-28-24-22-20-18-16-14-12-10-8-6-4-2)49-73-61-59(72)57(70)60(53(48-65)75-61)76-62-58(71)56(69)55(68)52(47-64)74-62/h27,29,35,37,43,45,50-53,55-62,64-66,68-72H,3-26,28,30-34,36,38-42,44,46-49H2,1-2H3,(H,63,67)/b29-27+,37-35+,45-43+. The number of unbranched alkanes of at least 4 members (excludes halogenated alkanes) is 33. The predicted octanol–water partition coefficient (Wildman–Crippen LogP) is 11.0. The summed E-state index contributed by atoms with van der Waals surface area (Å²) in [5, 5.41) is 87.1. The summed E-state index contributed by atoms with van der Waals surface area (Å²) in [5.41, 5.74) is 0. The van der Waals surface area contributed by atoms with Crippen LogP contribution in [0.15, 0.2) is 36.5 Å². The first-order valence-electron chi connectivity index (χ1n) is 31.2. The number of hydrogen-bond acceptors (Lipinski definition) is 13.